The fraction of sp³-hybridized carbons (Fsp3) is 0.923. The molecular formula is C13H28IN3O2. The standard InChI is InChI=1S/C13H27N3O2.HI/c1-3-4-8-17-10-7-15-13(14-2)16-11-12-6-5-9-18-12;/h12H,3-11H2,1-2H3,(H2,14,15,16);1H. The molecule has 0 saturated carbocycles. The van der Waals surface area contributed by atoms with Crippen molar-refractivity contribution in [2.75, 3.05) is 40.0 Å². The first kappa shape index (κ1) is 18.9. The molecule has 1 rings (SSSR count). The van der Waals surface area contributed by atoms with Crippen molar-refractivity contribution in [2.45, 2.75) is 38.7 Å². The summed E-state index contributed by atoms with van der Waals surface area (Å²) < 4.78 is 11.0. The van der Waals surface area contributed by atoms with E-state index in [0.29, 0.717) is 6.10 Å². The zero-order valence-corrected chi connectivity index (χ0v) is 14.4. The Labute approximate surface area is 133 Å². The predicted molar refractivity (Wildman–Crippen MR) is 89.5 cm³/mol. The molecule has 0 amide bonds. The second kappa shape index (κ2) is 12.9. The molecule has 0 aromatic rings. The minimum atomic E-state index is 0. The van der Waals surface area contributed by atoms with Gasteiger partial charge in [-0.25, -0.2) is 0 Å². The normalized spacial score (nSPS) is 19.1. The summed E-state index contributed by atoms with van der Waals surface area (Å²) in [6.07, 6.45) is 4.96. The van der Waals surface area contributed by atoms with Crippen LogP contribution in [0, 0.1) is 0 Å². The molecule has 0 bridgehead atoms. The SMILES string of the molecule is CCCCOCCNC(=NC)NCC1CCCO1.I. The van der Waals surface area contributed by atoms with Crippen molar-refractivity contribution in [2.24, 2.45) is 4.99 Å². The zero-order chi connectivity index (χ0) is 13.1. The highest BCUT2D eigenvalue weighted by molar-refractivity contribution is 14.0. The average Bonchev–Trinajstić information content (AvgIpc) is 2.90. The van der Waals surface area contributed by atoms with E-state index in [9.17, 15) is 0 Å². The van der Waals surface area contributed by atoms with Crippen molar-refractivity contribution in [1.82, 2.24) is 10.6 Å². The van der Waals surface area contributed by atoms with E-state index in [2.05, 4.69) is 22.5 Å². The molecule has 1 heterocycles. The van der Waals surface area contributed by atoms with E-state index in [1.54, 1.807) is 7.05 Å². The molecule has 0 aliphatic carbocycles. The van der Waals surface area contributed by atoms with Crippen LogP contribution in [0.2, 0.25) is 0 Å². The van der Waals surface area contributed by atoms with Crippen LogP contribution in [0.5, 0.6) is 0 Å². The van der Waals surface area contributed by atoms with Gasteiger partial charge in [0.05, 0.1) is 12.7 Å². The van der Waals surface area contributed by atoms with E-state index in [1.807, 2.05) is 0 Å². The fourth-order valence-electron chi connectivity index (χ4n) is 1.83. The Morgan fingerprint density at radius 1 is 1.37 bits per heavy atom. The minimum absolute atomic E-state index is 0. The number of ether oxygens (including phenoxy) is 2. The summed E-state index contributed by atoms with van der Waals surface area (Å²) in [4.78, 5) is 4.17. The molecule has 1 aliphatic heterocycles. The first-order valence-electron chi connectivity index (χ1n) is 7.00. The lowest BCUT2D eigenvalue weighted by molar-refractivity contribution is 0.113. The number of halogens is 1. The molecule has 1 fully saturated rings. The zero-order valence-electron chi connectivity index (χ0n) is 12.1. The number of guanidine groups is 1. The first-order chi connectivity index (χ1) is 8.86. The van der Waals surface area contributed by atoms with Crippen molar-refractivity contribution in [3.8, 4) is 0 Å². The van der Waals surface area contributed by atoms with Crippen LogP contribution in [0.15, 0.2) is 4.99 Å². The van der Waals surface area contributed by atoms with Crippen LogP contribution in [0.3, 0.4) is 0 Å². The van der Waals surface area contributed by atoms with Gasteiger partial charge in [-0.2, -0.15) is 0 Å². The van der Waals surface area contributed by atoms with Gasteiger partial charge < -0.3 is 20.1 Å². The van der Waals surface area contributed by atoms with Crippen molar-refractivity contribution in [3.63, 3.8) is 0 Å². The van der Waals surface area contributed by atoms with Crippen LogP contribution in [0.4, 0.5) is 0 Å². The summed E-state index contributed by atoms with van der Waals surface area (Å²) >= 11 is 0. The summed E-state index contributed by atoms with van der Waals surface area (Å²) in [6, 6.07) is 0. The van der Waals surface area contributed by atoms with Crippen molar-refractivity contribution >= 4 is 29.9 Å². The lowest BCUT2D eigenvalue weighted by Gasteiger charge is -2.15. The Hall–Kier alpha value is -0.0800. The average molecular weight is 385 g/mol. The minimum Gasteiger partial charge on any atom is -0.380 e. The third-order valence-corrected chi connectivity index (χ3v) is 2.93. The van der Waals surface area contributed by atoms with Gasteiger partial charge in [0.15, 0.2) is 5.96 Å². The van der Waals surface area contributed by atoms with E-state index >= 15 is 0 Å². The maximum absolute atomic E-state index is 5.55. The van der Waals surface area contributed by atoms with Crippen molar-refractivity contribution in [3.05, 3.63) is 0 Å². The van der Waals surface area contributed by atoms with Crippen LogP contribution >= 0.6 is 24.0 Å². The molecule has 0 aromatic heterocycles. The monoisotopic (exact) mass is 385 g/mol. The Morgan fingerprint density at radius 3 is 2.84 bits per heavy atom. The van der Waals surface area contributed by atoms with Crippen LogP contribution in [0.1, 0.15) is 32.6 Å². The summed E-state index contributed by atoms with van der Waals surface area (Å²) in [6.45, 7) is 6.24. The molecule has 1 aliphatic rings. The molecule has 0 spiro atoms. The molecule has 1 atom stereocenters. The second-order valence-electron chi connectivity index (χ2n) is 4.48. The second-order valence-corrected chi connectivity index (χ2v) is 4.48. The van der Waals surface area contributed by atoms with Gasteiger partial charge in [0.1, 0.15) is 0 Å². The van der Waals surface area contributed by atoms with E-state index in [1.165, 1.54) is 12.8 Å². The topological polar surface area (TPSA) is 54.9 Å². The van der Waals surface area contributed by atoms with Gasteiger partial charge in [-0.15, -0.1) is 24.0 Å². The van der Waals surface area contributed by atoms with E-state index in [-0.39, 0.29) is 24.0 Å². The van der Waals surface area contributed by atoms with Crippen molar-refractivity contribution in [1.29, 1.82) is 0 Å². The molecular weight excluding hydrogens is 357 g/mol. The Morgan fingerprint density at radius 2 is 2.21 bits per heavy atom. The number of hydrogen-bond donors (Lipinski definition) is 2. The third kappa shape index (κ3) is 9.45. The first-order valence-corrected chi connectivity index (χ1v) is 7.00. The van der Waals surface area contributed by atoms with Crippen LogP contribution in [0.25, 0.3) is 0 Å². The highest BCUT2D eigenvalue weighted by atomic mass is 127. The van der Waals surface area contributed by atoms with Gasteiger partial charge in [0.25, 0.3) is 0 Å². The summed E-state index contributed by atoms with van der Waals surface area (Å²) in [5.74, 6) is 0.824. The highest BCUT2D eigenvalue weighted by Crippen LogP contribution is 2.10. The number of nitrogens with zero attached hydrogens (tertiary/aromatic N) is 1. The van der Waals surface area contributed by atoms with Gasteiger partial charge in [-0.3, -0.25) is 4.99 Å². The number of hydrogen-bond acceptors (Lipinski definition) is 3. The smallest absolute Gasteiger partial charge is 0.191 e. The summed E-state index contributed by atoms with van der Waals surface area (Å²) in [5.41, 5.74) is 0. The van der Waals surface area contributed by atoms with Gasteiger partial charge in [0.2, 0.25) is 0 Å². The lowest BCUT2D eigenvalue weighted by atomic mass is 10.2. The molecule has 2 N–H and O–H groups in total. The number of aliphatic imine (C=N–C) groups is 1. The molecule has 114 valence electrons. The lowest BCUT2D eigenvalue weighted by Crippen LogP contribution is -2.42. The summed E-state index contributed by atoms with van der Waals surface area (Å²) in [5, 5.41) is 6.50. The molecule has 6 heteroatoms. The summed E-state index contributed by atoms with van der Waals surface area (Å²) in [7, 11) is 1.78. The highest BCUT2D eigenvalue weighted by Gasteiger charge is 2.15. The Bertz CT molecular complexity index is 234. The third-order valence-electron chi connectivity index (χ3n) is 2.93. The number of nitrogens with one attached hydrogen (secondary N) is 2. The Kier molecular flexibility index (Phi) is 12.9. The fourth-order valence-corrected chi connectivity index (χ4v) is 1.83. The molecule has 1 unspecified atom stereocenters. The molecule has 0 radical (unpaired) electrons. The van der Waals surface area contributed by atoms with E-state index < -0.39 is 0 Å². The van der Waals surface area contributed by atoms with Gasteiger partial charge >= 0.3 is 0 Å². The predicted octanol–water partition coefficient (Wildman–Crippen LogP) is 1.77. The van der Waals surface area contributed by atoms with Gasteiger partial charge in [0, 0.05) is 33.4 Å². The van der Waals surface area contributed by atoms with Crippen LogP contribution < -0.4 is 10.6 Å². The molecule has 1 saturated heterocycles. The maximum Gasteiger partial charge on any atom is 0.191 e. The van der Waals surface area contributed by atoms with E-state index in [0.717, 1.165) is 51.7 Å². The quantitative estimate of drug-likeness (QED) is 0.290. The van der Waals surface area contributed by atoms with Gasteiger partial charge in [-0.1, -0.05) is 13.3 Å². The van der Waals surface area contributed by atoms with Crippen LogP contribution in [-0.2, 0) is 9.47 Å². The molecule has 19 heavy (non-hydrogen) atoms. The van der Waals surface area contributed by atoms with Crippen molar-refractivity contribution < 1.29 is 9.47 Å². The molecule has 5 nitrogen and oxygen atoms in total. The number of rotatable bonds is 8. The van der Waals surface area contributed by atoms with Gasteiger partial charge in [-0.05, 0) is 19.3 Å². The largest absolute Gasteiger partial charge is 0.380 e. The molecule has 0 aromatic carbocycles. The van der Waals surface area contributed by atoms with Crippen LogP contribution in [-0.4, -0.2) is 52.0 Å². The number of unbranched alkanes of at least 4 members (excludes halogenated alkanes) is 1. The van der Waals surface area contributed by atoms with E-state index in [4.69, 9.17) is 9.47 Å². The Balaban J connectivity index is 0.00000324. The maximum atomic E-state index is 5.55.